The molecule has 0 unspecified atom stereocenters. The van der Waals surface area contributed by atoms with E-state index in [-0.39, 0.29) is 11.3 Å². The number of hydrogen-bond donors (Lipinski definition) is 1. The van der Waals surface area contributed by atoms with Gasteiger partial charge in [0.2, 0.25) is 11.0 Å². The maximum absolute atomic E-state index is 11.6. The largest absolute Gasteiger partial charge is 0.310 e. The third kappa shape index (κ3) is 2.76. The van der Waals surface area contributed by atoms with Crippen LogP contribution in [0.4, 0.5) is 5.82 Å². The van der Waals surface area contributed by atoms with Gasteiger partial charge in [0, 0.05) is 12.3 Å². The Balaban J connectivity index is 2.27. The second kappa shape index (κ2) is 5.73. The lowest BCUT2D eigenvalue weighted by Crippen LogP contribution is -2.14. The van der Waals surface area contributed by atoms with Gasteiger partial charge >= 0.3 is 0 Å². The van der Waals surface area contributed by atoms with E-state index < -0.39 is 0 Å². The van der Waals surface area contributed by atoms with Crippen molar-refractivity contribution in [2.45, 2.75) is 33.1 Å². The summed E-state index contributed by atoms with van der Waals surface area (Å²) < 4.78 is 2.58. The first-order valence-electron chi connectivity index (χ1n) is 7.48. The number of anilines is 1. The predicted octanol–water partition coefficient (Wildman–Crippen LogP) is 3.61. The molecule has 2 heterocycles. The van der Waals surface area contributed by atoms with Crippen molar-refractivity contribution >= 4 is 33.3 Å². The minimum Gasteiger partial charge on any atom is -0.310 e. The molecule has 0 bridgehead atoms. The molecule has 24 heavy (non-hydrogen) atoms. The van der Waals surface area contributed by atoms with Crippen molar-refractivity contribution in [1.82, 2.24) is 14.8 Å². The first-order chi connectivity index (χ1) is 11.3. The molecule has 0 spiro atoms. The Morgan fingerprint density at radius 3 is 2.62 bits per heavy atom. The number of nitriles is 1. The van der Waals surface area contributed by atoms with E-state index in [0.29, 0.717) is 22.2 Å². The molecule has 7 heteroatoms. The Morgan fingerprint density at radius 2 is 2.04 bits per heavy atom. The molecular weight excluding hydrogens is 322 g/mol. The SMILES string of the molecule is CC(=O)Nc1c(C#N)c(C(C)(C)C)nn1-c1nc2ccccc2s1. The lowest BCUT2D eigenvalue weighted by molar-refractivity contribution is -0.114. The fourth-order valence-corrected chi connectivity index (χ4v) is 3.34. The number of hydrogen-bond acceptors (Lipinski definition) is 5. The number of carbonyl (C=O) groups is 1. The molecule has 0 aliphatic rings. The Labute approximate surface area is 143 Å². The summed E-state index contributed by atoms with van der Waals surface area (Å²) in [5.41, 5.74) is 1.53. The first kappa shape index (κ1) is 16.1. The number of aromatic nitrogens is 3. The zero-order valence-electron chi connectivity index (χ0n) is 13.9. The van der Waals surface area contributed by atoms with Crippen molar-refractivity contribution in [2.24, 2.45) is 0 Å². The number of carbonyl (C=O) groups excluding carboxylic acids is 1. The summed E-state index contributed by atoms with van der Waals surface area (Å²) in [4.78, 5) is 16.2. The lowest BCUT2D eigenvalue weighted by Gasteiger charge is -2.15. The molecule has 1 N–H and O–H groups in total. The van der Waals surface area contributed by atoms with Crippen molar-refractivity contribution in [1.29, 1.82) is 5.26 Å². The van der Waals surface area contributed by atoms with Gasteiger partial charge in [-0.3, -0.25) is 4.79 Å². The van der Waals surface area contributed by atoms with Gasteiger partial charge in [0.15, 0.2) is 5.82 Å². The van der Waals surface area contributed by atoms with E-state index in [2.05, 4.69) is 21.5 Å². The number of para-hydroxylation sites is 1. The van der Waals surface area contributed by atoms with Crippen LogP contribution >= 0.6 is 11.3 Å². The number of nitrogens with zero attached hydrogens (tertiary/aromatic N) is 4. The van der Waals surface area contributed by atoms with Crippen LogP contribution in [0.5, 0.6) is 0 Å². The zero-order chi connectivity index (χ0) is 17.5. The standard InChI is InChI=1S/C17H17N5OS/c1-10(23)19-15-11(9-18)14(17(2,3)4)21-22(15)16-20-12-7-5-6-8-13(12)24-16/h5-8H,1-4H3,(H,19,23). The van der Waals surface area contributed by atoms with Gasteiger partial charge in [-0.25, -0.2) is 4.98 Å². The van der Waals surface area contributed by atoms with Crippen molar-refractivity contribution in [3.8, 4) is 11.2 Å². The molecule has 0 atom stereocenters. The van der Waals surface area contributed by atoms with Crippen LogP contribution in [-0.2, 0) is 10.2 Å². The lowest BCUT2D eigenvalue weighted by atomic mass is 9.89. The molecule has 0 saturated heterocycles. The van der Waals surface area contributed by atoms with Crippen LogP contribution in [0.2, 0.25) is 0 Å². The second-order valence-electron chi connectivity index (χ2n) is 6.49. The number of nitrogens with one attached hydrogen (secondary N) is 1. The van der Waals surface area contributed by atoms with Crippen molar-refractivity contribution < 1.29 is 4.79 Å². The monoisotopic (exact) mass is 339 g/mol. The fraction of sp³-hybridized carbons (Fsp3) is 0.294. The van der Waals surface area contributed by atoms with E-state index in [4.69, 9.17) is 0 Å². The quantitative estimate of drug-likeness (QED) is 0.773. The van der Waals surface area contributed by atoms with Crippen molar-refractivity contribution in [3.05, 3.63) is 35.5 Å². The molecular formula is C17H17N5OS. The van der Waals surface area contributed by atoms with Crippen LogP contribution in [0.3, 0.4) is 0 Å². The first-order valence-corrected chi connectivity index (χ1v) is 8.30. The summed E-state index contributed by atoms with van der Waals surface area (Å²) in [7, 11) is 0. The predicted molar refractivity (Wildman–Crippen MR) is 94.5 cm³/mol. The molecule has 0 saturated carbocycles. The Hall–Kier alpha value is -2.72. The van der Waals surface area contributed by atoms with Crippen molar-refractivity contribution in [3.63, 3.8) is 0 Å². The molecule has 0 aliphatic heterocycles. The smallest absolute Gasteiger partial charge is 0.222 e. The van der Waals surface area contributed by atoms with Crippen LogP contribution in [0.25, 0.3) is 15.3 Å². The number of amides is 1. The highest BCUT2D eigenvalue weighted by molar-refractivity contribution is 7.20. The normalized spacial score (nSPS) is 11.5. The maximum atomic E-state index is 11.6. The van der Waals surface area contributed by atoms with E-state index in [1.165, 1.54) is 18.3 Å². The minimum atomic E-state index is -0.333. The fourth-order valence-electron chi connectivity index (χ4n) is 2.42. The maximum Gasteiger partial charge on any atom is 0.222 e. The van der Waals surface area contributed by atoms with Gasteiger partial charge in [0.05, 0.1) is 15.9 Å². The Morgan fingerprint density at radius 1 is 1.33 bits per heavy atom. The van der Waals surface area contributed by atoms with Gasteiger partial charge in [-0.1, -0.05) is 44.2 Å². The summed E-state index contributed by atoms with van der Waals surface area (Å²) >= 11 is 1.46. The van der Waals surface area contributed by atoms with E-state index in [0.717, 1.165) is 10.2 Å². The third-order valence-corrected chi connectivity index (χ3v) is 4.48. The molecule has 3 rings (SSSR count). The van der Waals surface area contributed by atoms with Gasteiger partial charge < -0.3 is 5.32 Å². The number of fused-ring (bicyclic) bond motifs is 1. The number of benzene rings is 1. The van der Waals surface area contributed by atoms with Crippen LogP contribution in [-0.4, -0.2) is 20.7 Å². The van der Waals surface area contributed by atoms with Crippen molar-refractivity contribution in [2.75, 3.05) is 5.32 Å². The molecule has 6 nitrogen and oxygen atoms in total. The molecule has 0 radical (unpaired) electrons. The molecule has 0 aliphatic carbocycles. The molecule has 122 valence electrons. The highest BCUT2D eigenvalue weighted by Gasteiger charge is 2.29. The van der Waals surface area contributed by atoms with E-state index >= 15 is 0 Å². The van der Waals surface area contributed by atoms with E-state index in [1.807, 2.05) is 45.0 Å². The summed E-state index contributed by atoms with van der Waals surface area (Å²) in [6.45, 7) is 7.36. The van der Waals surface area contributed by atoms with Gasteiger partial charge in [-0.05, 0) is 12.1 Å². The molecule has 3 aromatic rings. The highest BCUT2D eigenvalue weighted by Crippen LogP contribution is 2.33. The highest BCUT2D eigenvalue weighted by atomic mass is 32.1. The minimum absolute atomic E-state index is 0.255. The van der Waals surface area contributed by atoms with Gasteiger partial charge in [0.25, 0.3) is 0 Å². The van der Waals surface area contributed by atoms with Gasteiger partial charge in [0.1, 0.15) is 11.6 Å². The van der Waals surface area contributed by atoms with E-state index in [1.54, 1.807) is 4.68 Å². The van der Waals surface area contributed by atoms with Crippen LogP contribution in [0.15, 0.2) is 24.3 Å². The average Bonchev–Trinajstić information content (AvgIpc) is 3.06. The summed E-state index contributed by atoms with van der Waals surface area (Å²) in [5, 5.41) is 17.6. The van der Waals surface area contributed by atoms with Gasteiger partial charge in [-0.2, -0.15) is 15.0 Å². The summed E-state index contributed by atoms with van der Waals surface area (Å²) in [5.74, 6) is 0.114. The van der Waals surface area contributed by atoms with Crippen LogP contribution in [0, 0.1) is 11.3 Å². The van der Waals surface area contributed by atoms with Crippen LogP contribution < -0.4 is 5.32 Å². The molecule has 0 fully saturated rings. The Bertz CT molecular complexity index is 938. The third-order valence-electron chi connectivity index (χ3n) is 3.47. The summed E-state index contributed by atoms with van der Waals surface area (Å²) in [6, 6.07) is 9.95. The molecule has 2 aromatic heterocycles. The number of rotatable bonds is 2. The molecule has 1 amide bonds. The Kier molecular flexibility index (Phi) is 3.85. The zero-order valence-corrected chi connectivity index (χ0v) is 14.7. The summed E-state index contributed by atoms with van der Waals surface area (Å²) in [6.07, 6.45) is 0. The topological polar surface area (TPSA) is 83.6 Å². The van der Waals surface area contributed by atoms with Gasteiger partial charge in [-0.15, -0.1) is 0 Å². The average molecular weight is 339 g/mol. The second-order valence-corrected chi connectivity index (χ2v) is 7.50. The van der Waals surface area contributed by atoms with Crippen LogP contribution in [0.1, 0.15) is 39.0 Å². The van der Waals surface area contributed by atoms with E-state index in [9.17, 15) is 10.1 Å². The number of thiazole rings is 1. The molecule has 1 aromatic carbocycles.